The molecule has 80 valence electrons. The van der Waals surface area contributed by atoms with Gasteiger partial charge in [-0.3, -0.25) is 0 Å². The van der Waals surface area contributed by atoms with E-state index in [0.717, 1.165) is 17.4 Å². The second-order valence-corrected chi connectivity index (χ2v) is 4.62. The Morgan fingerprint density at radius 2 is 2.33 bits per heavy atom. The van der Waals surface area contributed by atoms with Crippen LogP contribution in [0, 0.1) is 0 Å². The van der Waals surface area contributed by atoms with Crippen LogP contribution in [0.15, 0.2) is 28.7 Å². The predicted molar refractivity (Wildman–Crippen MR) is 62.7 cm³/mol. The molecule has 1 fully saturated rings. The lowest BCUT2D eigenvalue weighted by molar-refractivity contribution is 0.172. The summed E-state index contributed by atoms with van der Waals surface area (Å²) in [6.45, 7) is 0.750. The van der Waals surface area contributed by atoms with E-state index in [0.29, 0.717) is 0 Å². The molecule has 0 radical (unpaired) electrons. The fourth-order valence-corrected chi connectivity index (χ4v) is 2.30. The van der Waals surface area contributed by atoms with E-state index in [2.05, 4.69) is 33.4 Å². The van der Waals surface area contributed by atoms with Gasteiger partial charge >= 0.3 is 6.03 Å². The number of rotatable bonds is 1. The molecule has 2 rings (SSSR count). The van der Waals surface area contributed by atoms with E-state index in [-0.39, 0.29) is 12.1 Å². The van der Waals surface area contributed by atoms with E-state index in [4.69, 9.17) is 0 Å². The summed E-state index contributed by atoms with van der Waals surface area (Å²) < 4.78 is 1.05. The summed E-state index contributed by atoms with van der Waals surface area (Å²) in [5.41, 5.74) is 1.18. The van der Waals surface area contributed by atoms with Crippen molar-refractivity contribution in [3.05, 3.63) is 34.3 Å². The molecule has 1 atom stereocenters. The third-order valence-electron chi connectivity index (χ3n) is 2.72. The molecule has 15 heavy (non-hydrogen) atoms. The minimum atomic E-state index is 0.00576. The fraction of sp³-hybridized carbons (Fsp3) is 0.364. The first-order valence-corrected chi connectivity index (χ1v) is 5.74. The average molecular weight is 269 g/mol. The Balaban J connectivity index is 2.26. The smallest absolute Gasteiger partial charge is 0.317 e. The Hall–Kier alpha value is -1.03. The maximum atomic E-state index is 11.5. The van der Waals surface area contributed by atoms with Gasteiger partial charge in [0.1, 0.15) is 0 Å². The summed E-state index contributed by atoms with van der Waals surface area (Å²) >= 11 is 3.44. The molecule has 0 bridgehead atoms. The van der Waals surface area contributed by atoms with E-state index in [1.807, 2.05) is 19.2 Å². The van der Waals surface area contributed by atoms with Gasteiger partial charge in [0.05, 0.1) is 6.04 Å². The normalized spacial score (nSPS) is 21.3. The van der Waals surface area contributed by atoms with Crippen molar-refractivity contribution in [1.29, 1.82) is 0 Å². The van der Waals surface area contributed by atoms with Crippen LogP contribution in [0.2, 0.25) is 0 Å². The van der Waals surface area contributed by atoms with Crippen molar-refractivity contribution in [3.63, 3.8) is 0 Å². The maximum Gasteiger partial charge on any atom is 0.317 e. The predicted octanol–water partition coefficient (Wildman–Crippen LogP) is 2.54. The first kappa shape index (κ1) is 10.5. The number of benzene rings is 1. The molecule has 1 aromatic carbocycles. The fourth-order valence-electron chi connectivity index (χ4n) is 1.88. The molecule has 1 heterocycles. The standard InChI is InChI=1S/C11H13BrN2O/c1-14-10(5-6-13-11(14)15)8-3-2-4-9(12)7-8/h2-4,7,10H,5-6H2,1H3,(H,13,15). The van der Waals surface area contributed by atoms with E-state index in [1.54, 1.807) is 4.90 Å². The van der Waals surface area contributed by atoms with Crippen molar-refractivity contribution < 1.29 is 4.79 Å². The van der Waals surface area contributed by atoms with Crippen molar-refractivity contribution in [2.75, 3.05) is 13.6 Å². The third-order valence-corrected chi connectivity index (χ3v) is 3.21. The Morgan fingerprint density at radius 3 is 3.07 bits per heavy atom. The SMILES string of the molecule is CN1C(=O)NCCC1c1cccc(Br)c1. The van der Waals surface area contributed by atoms with Crippen LogP contribution < -0.4 is 5.32 Å². The van der Waals surface area contributed by atoms with Gasteiger partial charge in [-0.25, -0.2) is 4.79 Å². The first-order chi connectivity index (χ1) is 7.18. The van der Waals surface area contributed by atoms with E-state index >= 15 is 0 Å². The maximum absolute atomic E-state index is 11.5. The van der Waals surface area contributed by atoms with Crippen LogP contribution in [0.3, 0.4) is 0 Å². The molecular weight excluding hydrogens is 256 g/mol. The topological polar surface area (TPSA) is 32.3 Å². The molecule has 4 heteroatoms. The van der Waals surface area contributed by atoms with Gasteiger partial charge in [-0.15, -0.1) is 0 Å². The lowest BCUT2D eigenvalue weighted by Gasteiger charge is -2.33. The van der Waals surface area contributed by atoms with E-state index in [1.165, 1.54) is 5.56 Å². The number of urea groups is 1. The quantitative estimate of drug-likeness (QED) is 0.834. The number of hydrogen-bond acceptors (Lipinski definition) is 1. The first-order valence-electron chi connectivity index (χ1n) is 4.94. The molecule has 2 amide bonds. The van der Waals surface area contributed by atoms with Gasteiger partial charge in [-0.05, 0) is 24.1 Å². The monoisotopic (exact) mass is 268 g/mol. The van der Waals surface area contributed by atoms with Gasteiger partial charge in [0, 0.05) is 18.1 Å². The Kier molecular flexibility index (Phi) is 2.95. The van der Waals surface area contributed by atoms with Crippen molar-refractivity contribution in [3.8, 4) is 0 Å². The molecule has 1 N–H and O–H groups in total. The minimum Gasteiger partial charge on any atom is -0.338 e. The number of hydrogen-bond donors (Lipinski definition) is 1. The summed E-state index contributed by atoms with van der Waals surface area (Å²) in [4.78, 5) is 13.2. The highest BCUT2D eigenvalue weighted by Crippen LogP contribution is 2.27. The molecule has 1 unspecified atom stereocenters. The van der Waals surface area contributed by atoms with Crippen LogP contribution in [0.4, 0.5) is 4.79 Å². The summed E-state index contributed by atoms with van der Waals surface area (Å²) in [6, 6.07) is 8.32. The van der Waals surface area contributed by atoms with Crippen molar-refractivity contribution in [2.45, 2.75) is 12.5 Å². The largest absolute Gasteiger partial charge is 0.338 e. The Bertz CT molecular complexity index is 381. The molecule has 0 aliphatic carbocycles. The molecular formula is C11H13BrN2O. The van der Waals surface area contributed by atoms with E-state index in [9.17, 15) is 4.79 Å². The van der Waals surface area contributed by atoms with Gasteiger partial charge in [-0.2, -0.15) is 0 Å². The Morgan fingerprint density at radius 1 is 1.53 bits per heavy atom. The molecule has 1 aliphatic heterocycles. The number of halogens is 1. The van der Waals surface area contributed by atoms with Gasteiger partial charge in [-0.1, -0.05) is 28.1 Å². The van der Waals surface area contributed by atoms with Gasteiger partial charge in [0.2, 0.25) is 0 Å². The van der Waals surface area contributed by atoms with Crippen molar-refractivity contribution in [2.24, 2.45) is 0 Å². The summed E-state index contributed by atoms with van der Waals surface area (Å²) in [5, 5.41) is 2.82. The lowest BCUT2D eigenvalue weighted by Crippen LogP contribution is -2.45. The number of nitrogens with zero attached hydrogens (tertiary/aromatic N) is 1. The van der Waals surface area contributed by atoms with Crippen LogP contribution in [-0.2, 0) is 0 Å². The third kappa shape index (κ3) is 2.15. The lowest BCUT2D eigenvalue weighted by atomic mass is 10.0. The van der Waals surface area contributed by atoms with Gasteiger partial charge < -0.3 is 10.2 Å². The summed E-state index contributed by atoms with van der Waals surface area (Å²) in [5.74, 6) is 0. The van der Waals surface area contributed by atoms with Crippen LogP contribution in [-0.4, -0.2) is 24.5 Å². The highest BCUT2D eigenvalue weighted by atomic mass is 79.9. The van der Waals surface area contributed by atoms with Crippen LogP contribution in [0.1, 0.15) is 18.0 Å². The number of amides is 2. The average Bonchev–Trinajstić information content (AvgIpc) is 2.22. The van der Waals surface area contributed by atoms with E-state index < -0.39 is 0 Å². The Labute approximate surface area is 97.6 Å². The second kappa shape index (κ2) is 4.23. The van der Waals surface area contributed by atoms with Gasteiger partial charge in [0.15, 0.2) is 0 Å². The molecule has 1 aliphatic rings. The molecule has 0 spiro atoms. The number of carbonyl (C=O) groups is 1. The van der Waals surface area contributed by atoms with Crippen LogP contribution in [0.5, 0.6) is 0 Å². The second-order valence-electron chi connectivity index (χ2n) is 3.70. The zero-order valence-corrected chi connectivity index (χ0v) is 10.1. The minimum absolute atomic E-state index is 0.00576. The number of carbonyl (C=O) groups excluding carboxylic acids is 1. The zero-order chi connectivity index (χ0) is 10.8. The van der Waals surface area contributed by atoms with Crippen molar-refractivity contribution in [1.82, 2.24) is 10.2 Å². The van der Waals surface area contributed by atoms with Gasteiger partial charge in [0.25, 0.3) is 0 Å². The summed E-state index contributed by atoms with van der Waals surface area (Å²) in [7, 11) is 1.83. The van der Waals surface area contributed by atoms with Crippen LogP contribution >= 0.6 is 15.9 Å². The molecule has 0 aromatic heterocycles. The molecule has 0 saturated carbocycles. The summed E-state index contributed by atoms with van der Waals surface area (Å²) in [6.07, 6.45) is 0.957. The zero-order valence-electron chi connectivity index (χ0n) is 8.53. The molecule has 3 nitrogen and oxygen atoms in total. The number of nitrogens with one attached hydrogen (secondary N) is 1. The van der Waals surface area contributed by atoms with Crippen molar-refractivity contribution >= 4 is 22.0 Å². The molecule has 1 saturated heterocycles. The van der Waals surface area contributed by atoms with Crippen LogP contribution in [0.25, 0.3) is 0 Å². The highest BCUT2D eigenvalue weighted by Gasteiger charge is 2.25. The molecule has 1 aromatic rings. The highest BCUT2D eigenvalue weighted by molar-refractivity contribution is 9.10.